The van der Waals surface area contributed by atoms with Gasteiger partial charge in [-0.2, -0.15) is 18.3 Å². The van der Waals surface area contributed by atoms with Crippen LogP contribution in [0.2, 0.25) is 0 Å². The van der Waals surface area contributed by atoms with Crippen LogP contribution in [-0.4, -0.2) is 25.1 Å². The van der Waals surface area contributed by atoms with E-state index in [9.17, 15) is 18.0 Å². The Kier molecular flexibility index (Phi) is 5.41. The number of pyridine rings is 1. The molecule has 1 saturated carbocycles. The third-order valence-electron chi connectivity index (χ3n) is 7.18. The molecule has 0 saturated heterocycles. The fourth-order valence-corrected chi connectivity index (χ4v) is 4.70. The first kappa shape index (κ1) is 24.0. The molecule has 0 spiro atoms. The normalized spacial score (nSPS) is 14.6. The lowest BCUT2D eigenvalue weighted by Gasteiger charge is -2.14. The number of anilines is 1. The van der Waals surface area contributed by atoms with E-state index >= 15 is 0 Å². The molecule has 1 N–H and O–H groups in total. The molecular formula is C29H24F3N5O. The average molecular weight is 516 g/mol. The molecule has 0 atom stereocenters. The van der Waals surface area contributed by atoms with Gasteiger partial charge in [-0.05, 0) is 60.2 Å². The van der Waals surface area contributed by atoms with Crippen molar-refractivity contribution in [2.45, 2.75) is 31.4 Å². The number of aryl methyl sites for hydroxylation is 1. The summed E-state index contributed by atoms with van der Waals surface area (Å²) in [5.41, 5.74) is 2.61. The van der Waals surface area contributed by atoms with Gasteiger partial charge in [0.15, 0.2) is 0 Å². The lowest BCUT2D eigenvalue weighted by atomic mass is 10.00. The summed E-state index contributed by atoms with van der Waals surface area (Å²) in [7, 11) is 1.62. The number of nitrogens with zero attached hydrogens (tertiary/aromatic N) is 4. The lowest BCUT2D eigenvalue weighted by molar-refractivity contribution is -0.137. The van der Waals surface area contributed by atoms with Gasteiger partial charge in [-0.1, -0.05) is 37.3 Å². The van der Waals surface area contributed by atoms with E-state index in [0.717, 1.165) is 24.5 Å². The first-order valence-corrected chi connectivity index (χ1v) is 12.2. The van der Waals surface area contributed by atoms with E-state index in [1.165, 1.54) is 28.4 Å². The zero-order valence-corrected chi connectivity index (χ0v) is 20.8. The first-order chi connectivity index (χ1) is 18.1. The fraction of sp³-hybridized carbons (Fsp3) is 0.207. The van der Waals surface area contributed by atoms with Crippen molar-refractivity contribution in [2.75, 3.05) is 5.32 Å². The van der Waals surface area contributed by atoms with Gasteiger partial charge in [-0.3, -0.25) is 13.9 Å². The summed E-state index contributed by atoms with van der Waals surface area (Å²) < 4.78 is 44.5. The Morgan fingerprint density at radius 1 is 1.00 bits per heavy atom. The summed E-state index contributed by atoms with van der Waals surface area (Å²) in [5, 5.41) is 7.05. The van der Waals surface area contributed by atoms with E-state index in [0.29, 0.717) is 17.2 Å². The van der Waals surface area contributed by atoms with Crippen molar-refractivity contribution in [3.63, 3.8) is 0 Å². The molecule has 3 aromatic heterocycles. The quantitative estimate of drug-likeness (QED) is 0.283. The Labute approximate surface area is 216 Å². The van der Waals surface area contributed by atoms with Gasteiger partial charge in [-0.25, -0.2) is 4.98 Å². The van der Waals surface area contributed by atoms with Gasteiger partial charge >= 0.3 is 6.18 Å². The van der Waals surface area contributed by atoms with Gasteiger partial charge in [0.1, 0.15) is 17.2 Å². The second-order valence-electron chi connectivity index (χ2n) is 9.97. The van der Waals surface area contributed by atoms with Gasteiger partial charge in [0, 0.05) is 36.1 Å². The van der Waals surface area contributed by atoms with Crippen LogP contribution in [0.15, 0.2) is 79.1 Å². The molecule has 1 aliphatic rings. The highest BCUT2D eigenvalue weighted by atomic mass is 19.4. The minimum Gasteiger partial charge on any atom is -0.306 e. The number of hydrogen-bond acceptors (Lipinski definition) is 3. The molecule has 1 amide bonds. The van der Waals surface area contributed by atoms with Crippen LogP contribution in [0, 0.1) is 0 Å². The zero-order valence-electron chi connectivity index (χ0n) is 20.8. The molecule has 192 valence electrons. The van der Waals surface area contributed by atoms with Crippen molar-refractivity contribution in [1.82, 2.24) is 19.2 Å². The highest BCUT2D eigenvalue weighted by Gasteiger charge is 2.39. The van der Waals surface area contributed by atoms with Gasteiger partial charge in [0.2, 0.25) is 0 Å². The van der Waals surface area contributed by atoms with Crippen LogP contribution in [0.3, 0.4) is 0 Å². The Morgan fingerprint density at radius 3 is 2.42 bits per heavy atom. The molecule has 6 nitrogen and oxygen atoms in total. The number of nitrogens with one attached hydrogen (secondary N) is 1. The number of benzene rings is 2. The summed E-state index contributed by atoms with van der Waals surface area (Å²) in [6.07, 6.45) is 1.08. The highest BCUT2D eigenvalue weighted by molar-refractivity contribution is 6.06. The number of carbonyl (C=O) groups excluding carboxylic acids is 1. The van der Waals surface area contributed by atoms with Crippen molar-refractivity contribution in [3.8, 4) is 22.5 Å². The summed E-state index contributed by atoms with van der Waals surface area (Å²) in [4.78, 5) is 18.3. The Hall–Kier alpha value is -4.40. The van der Waals surface area contributed by atoms with E-state index in [2.05, 4.69) is 17.3 Å². The smallest absolute Gasteiger partial charge is 0.306 e. The number of imidazole rings is 1. The standard InChI is InChI=1S/C29H24F3N5O/c1-28(12-13-28)20-10-15-37-24(17-20)33-25(18-6-4-3-5-7-18)26(37)34-27(38)19-8-9-22(29(30,31)32)21(16-19)23-11-14-36(2)35-23/h3-11,14-17H,12-13H2,1-2H3,(H,34,38). The highest BCUT2D eigenvalue weighted by Crippen LogP contribution is 2.48. The maximum Gasteiger partial charge on any atom is 0.417 e. The van der Waals surface area contributed by atoms with Gasteiger partial charge in [0.05, 0.1) is 11.3 Å². The molecule has 0 unspecified atom stereocenters. The monoisotopic (exact) mass is 515 g/mol. The van der Waals surface area contributed by atoms with E-state index < -0.39 is 17.6 Å². The molecule has 38 heavy (non-hydrogen) atoms. The number of aromatic nitrogens is 4. The van der Waals surface area contributed by atoms with Crippen molar-refractivity contribution < 1.29 is 18.0 Å². The number of halogens is 3. The minimum absolute atomic E-state index is 0.0785. The summed E-state index contributed by atoms with van der Waals surface area (Å²) in [6, 6.07) is 18.4. The second kappa shape index (κ2) is 8.58. The molecular weight excluding hydrogens is 491 g/mol. The molecule has 1 aliphatic carbocycles. The van der Waals surface area contributed by atoms with E-state index in [4.69, 9.17) is 4.98 Å². The zero-order chi connectivity index (χ0) is 26.7. The molecule has 3 heterocycles. The molecule has 5 aromatic rings. The lowest BCUT2D eigenvalue weighted by Crippen LogP contribution is -2.16. The van der Waals surface area contributed by atoms with Crippen LogP contribution in [0.25, 0.3) is 28.2 Å². The molecule has 0 bridgehead atoms. The maximum absolute atomic E-state index is 13.8. The van der Waals surface area contributed by atoms with Crippen molar-refractivity contribution >= 4 is 17.4 Å². The largest absolute Gasteiger partial charge is 0.417 e. The summed E-state index contributed by atoms with van der Waals surface area (Å²) >= 11 is 0. The molecule has 1 fully saturated rings. The van der Waals surface area contributed by atoms with Crippen molar-refractivity contribution in [2.24, 2.45) is 7.05 Å². The summed E-state index contributed by atoms with van der Waals surface area (Å²) in [6.45, 7) is 2.21. The van der Waals surface area contributed by atoms with E-state index in [-0.39, 0.29) is 22.2 Å². The molecule has 2 aromatic carbocycles. The number of carbonyl (C=O) groups is 1. The third-order valence-corrected chi connectivity index (χ3v) is 7.18. The van der Waals surface area contributed by atoms with Crippen molar-refractivity contribution in [3.05, 3.63) is 95.8 Å². The van der Waals surface area contributed by atoms with Crippen LogP contribution < -0.4 is 5.32 Å². The second-order valence-corrected chi connectivity index (χ2v) is 9.97. The predicted molar refractivity (Wildman–Crippen MR) is 139 cm³/mol. The van der Waals surface area contributed by atoms with Crippen LogP contribution in [-0.2, 0) is 18.6 Å². The fourth-order valence-electron chi connectivity index (χ4n) is 4.70. The Bertz CT molecular complexity index is 1680. The number of alkyl halides is 3. The van der Waals surface area contributed by atoms with Crippen LogP contribution in [0.1, 0.15) is 41.3 Å². The minimum atomic E-state index is -4.60. The maximum atomic E-state index is 13.8. The first-order valence-electron chi connectivity index (χ1n) is 12.2. The number of amides is 1. The van der Waals surface area contributed by atoms with Gasteiger partial charge in [0.25, 0.3) is 5.91 Å². The summed E-state index contributed by atoms with van der Waals surface area (Å²) in [5.74, 6) is -0.101. The van der Waals surface area contributed by atoms with Gasteiger partial charge in [-0.15, -0.1) is 0 Å². The topological polar surface area (TPSA) is 64.2 Å². The molecule has 6 rings (SSSR count). The van der Waals surface area contributed by atoms with Crippen LogP contribution in [0.4, 0.5) is 19.0 Å². The average Bonchev–Trinajstić information content (AvgIpc) is 3.34. The third kappa shape index (κ3) is 4.23. The predicted octanol–water partition coefficient (Wildman–Crippen LogP) is 6.72. The number of hydrogen-bond donors (Lipinski definition) is 1. The Morgan fingerprint density at radius 2 is 1.76 bits per heavy atom. The van der Waals surface area contributed by atoms with E-state index in [1.54, 1.807) is 17.6 Å². The number of rotatable bonds is 5. The van der Waals surface area contributed by atoms with E-state index in [1.807, 2.05) is 48.7 Å². The van der Waals surface area contributed by atoms with Crippen molar-refractivity contribution in [1.29, 1.82) is 0 Å². The number of fused-ring (bicyclic) bond motifs is 1. The molecule has 0 aliphatic heterocycles. The Balaban J connectivity index is 1.43. The van der Waals surface area contributed by atoms with Crippen LogP contribution >= 0.6 is 0 Å². The SMILES string of the molecule is Cn1ccc(-c2cc(C(=O)Nc3c(-c4ccccc4)nc4cc(C5(C)CC5)ccn34)ccc2C(F)(F)F)n1. The molecule has 9 heteroatoms. The van der Waals surface area contributed by atoms with Crippen LogP contribution in [0.5, 0.6) is 0 Å². The molecule has 0 radical (unpaired) electrons. The van der Waals surface area contributed by atoms with Gasteiger partial charge < -0.3 is 5.32 Å².